The third-order valence-electron chi connectivity index (χ3n) is 5.72. The molecule has 0 N–H and O–H groups in total. The highest BCUT2D eigenvalue weighted by atomic mass is 15.1. The average Bonchev–Trinajstić information content (AvgIpc) is 2.51. The van der Waals surface area contributed by atoms with Gasteiger partial charge in [0.15, 0.2) is 0 Å². The largest absolute Gasteiger partial charge is 0.303 e. The Morgan fingerprint density at radius 3 is 1.38 bits per heavy atom. The number of likely N-dealkylation sites (tertiary alicyclic amines) is 2. The number of rotatable bonds is 8. The molecule has 0 unspecified atom stereocenters. The Hall–Kier alpha value is -0.0800. The monoisotopic (exact) mass is 294 g/mol. The zero-order valence-corrected chi connectivity index (χ0v) is 14.7. The summed E-state index contributed by atoms with van der Waals surface area (Å²) in [6.07, 6.45) is 13.0. The second kappa shape index (κ2) is 9.84. The molecule has 2 nitrogen and oxygen atoms in total. The fourth-order valence-electron chi connectivity index (χ4n) is 4.33. The summed E-state index contributed by atoms with van der Waals surface area (Å²) < 4.78 is 0. The van der Waals surface area contributed by atoms with Gasteiger partial charge in [-0.1, -0.05) is 33.1 Å². The maximum atomic E-state index is 2.67. The van der Waals surface area contributed by atoms with Crippen LogP contribution in [0.1, 0.15) is 71.6 Å². The van der Waals surface area contributed by atoms with Crippen LogP contribution >= 0.6 is 0 Å². The van der Waals surface area contributed by atoms with Crippen molar-refractivity contribution in [1.82, 2.24) is 9.80 Å². The summed E-state index contributed by atoms with van der Waals surface area (Å²) in [5.74, 6) is 2.08. The molecule has 0 radical (unpaired) electrons. The first-order valence-electron chi connectivity index (χ1n) is 9.76. The summed E-state index contributed by atoms with van der Waals surface area (Å²) >= 11 is 0. The van der Waals surface area contributed by atoms with E-state index in [4.69, 9.17) is 0 Å². The Kier molecular flexibility index (Phi) is 8.10. The summed E-state index contributed by atoms with van der Waals surface area (Å²) in [6, 6.07) is 0. The van der Waals surface area contributed by atoms with Crippen molar-refractivity contribution in [2.45, 2.75) is 71.6 Å². The molecule has 2 heteroatoms. The first kappa shape index (κ1) is 17.3. The molecule has 2 saturated heterocycles. The topological polar surface area (TPSA) is 6.48 Å². The summed E-state index contributed by atoms with van der Waals surface area (Å²) in [5.41, 5.74) is 0. The molecule has 2 aliphatic heterocycles. The highest BCUT2D eigenvalue weighted by Gasteiger charge is 2.21. The van der Waals surface area contributed by atoms with Gasteiger partial charge in [0.05, 0.1) is 0 Å². The molecule has 0 amide bonds. The summed E-state index contributed by atoms with van der Waals surface area (Å²) in [4.78, 5) is 5.33. The van der Waals surface area contributed by atoms with Crippen molar-refractivity contribution in [3.8, 4) is 0 Å². The summed E-state index contributed by atoms with van der Waals surface area (Å²) in [6.45, 7) is 12.7. The Morgan fingerprint density at radius 1 is 0.667 bits per heavy atom. The third-order valence-corrected chi connectivity index (χ3v) is 5.72. The predicted molar refractivity (Wildman–Crippen MR) is 92.8 cm³/mol. The number of piperidine rings is 2. The van der Waals surface area contributed by atoms with Crippen LogP contribution in [0.15, 0.2) is 0 Å². The second-order valence-corrected chi connectivity index (χ2v) is 7.50. The van der Waals surface area contributed by atoms with Gasteiger partial charge >= 0.3 is 0 Å². The Bertz CT molecular complexity index is 224. The maximum absolute atomic E-state index is 2.67. The van der Waals surface area contributed by atoms with Crippen LogP contribution < -0.4 is 0 Å². The Balaban J connectivity index is 1.51. The van der Waals surface area contributed by atoms with Crippen molar-refractivity contribution in [2.24, 2.45) is 11.8 Å². The molecule has 2 heterocycles. The minimum Gasteiger partial charge on any atom is -0.303 e. The first-order valence-corrected chi connectivity index (χ1v) is 9.76. The lowest BCUT2D eigenvalue weighted by molar-refractivity contribution is 0.163. The van der Waals surface area contributed by atoms with Crippen molar-refractivity contribution in [3.05, 3.63) is 0 Å². The van der Waals surface area contributed by atoms with Gasteiger partial charge in [-0.15, -0.1) is 0 Å². The molecule has 124 valence electrons. The van der Waals surface area contributed by atoms with E-state index in [9.17, 15) is 0 Å². The fraction of sp³-hybridized carbons (Fsp3) is 1.00. The third kappa shape index (κ3) is 6.28. The predicted octanol–water partition coefficient (Wildman–Crippen LogP) is 4.40. The quantitative estimate of drug-likeness (QED) is 0.654. The van der Waals surface area contributed by atoms with Gasteiger partial charge in [-0.05, 0) is 89.6 Å². The van der Waals surface area contributed by atoms with E-state index in [0.717, 1.165) is 11.8 Å². The molecule has 0 spiro atoms. The standard InChI is InChI=1S/C19H38N2/c1-3-12-20-14-8-18(9-15-20)6-5-7-19-10-16-21(13-4-2)17-11-19/h18-19H,3-17H2,1-2H3. The molecule has 0 saturated carbocycles. The Morgan fingerprint density at radius 2 is 1.05 bits per heavy atom. The van der Waals surface area contributed by atoms with Gasteiger partial charge in [-0.3, -0.25) is 0 Å². The van der Waals surface area contributed by atoms with Gasteiger partial charge < -0.3 is 9.80 Å². The minimum absolute atomic E-state index is 1.04. The second-order valence-electron chi connectivity index (χ2n) is 7.50. The van der Waals surface area contributed by atoms with E-state index in [-0.39, 0.29) is 0 Å². The van der Waals surface area contributed by atoms with Crippen molar-refractivity contribution >= 4 is 0 Å². The van der Waals surface area contributed by atoms with Crippen LogP contribution in [0.25, 0.3) is 0 Å². The van der Waals surface area contributed by atoms with Gasteiger partial charge in [0.25, 0.3) is 0 Å². The number of nitrogens with zero attached hydrogens (tertiary/aromatic N) is 2. The van der Waals surface area contributed by atoms with Crippen molar-refractivity contribution < 1.29 is 0 Å². The molecule has 0 aliphatic carbocycles. The van der Waals surface area contributed by atoms with E-state index < -0.39 is 0 Å². The van der Waals surface area contributed by atoms with E-state index in [1.54, 1.807) is 0 Å². The van der Waals surface area contributed by atoms with E-state index in [1.807, 2.05) is 0 Å². The zero-order chi connectivity index (χ0) is 14.9. The van der Waals surface area contributed by atoms with Gasteiger partial charge in [0, 0.05) is 0 Å². The molecule has 2 rings (SSSR count). The van der Waals surface area contributed by atoms with E-state index in [0.29, 0.717) is 0 Å². The minimum atomic E-state index is 1.04. The highest BCUT2D eigenvalue weighted by Crippen LogP contribution is 2.27. The van der Waals surface area contributed by atoms with E-state index in [2.05, 4.69) is 23.6 Å². The molecule has 0 aromatic carbocycles. The fourth-order valence-corrected chi connectivity index (χ4v) is 4.33. The summed E-state index contributed by atoms with van der Waals surface area (Å²) in [7, 11) is 0. The van der Waals surface area contributed by atoms with Crippen LogP contribution in [-0.2, 0) is 0 Å². The van der Waals surface area contributed by atoms with Crippen LogP contribution in [0.2, 0.25) is 0 Å². The lowest BCUT2D eigenvalue weighted by Crippen LogP contribution is -2.35. The van der Waals surface area contributed by atoms with Crippen molar-refractivity contribution in [1.29, 1.82) is 0 Å². The lowest BCUT2D eigenvalue weighted by Gasteiger charge is -2.33. The van der Waals surface area contributed by atoms with Crippen LogP contribution in [0.3, 0.4) is 0 Å². The first-order chi connectivity index (χ1) is 10.3. The van der Waals surface area contributed by atoms with E-state index >= 15 is 0 Å². The lowest BCUT2D eigenvalue weighted by atomic mass is 9.87. The molecule has 0 aromatic rings. The van der Waals surface area contributed by atoms with Crippen LogP contribution in [0, 0.1) is 11.8 Å². The van der Waals surface area contributed by atoms with Crippen molar-refractivity contribution in [2.75, 3.05) is 39.3 Å². The van der Waals surface area contributed by atoms with Crippen LogP contribution in [0.5, 0.6) is 0 Å². The van der Waals surface area contributed by atoms with Crippen LogP contribution in [0.4, 0.5) is 0 Å². The number of hydrogen-bond donors (Lipinski definition) is 0. The van der Waals surface area contributed by atoms with Crippen LogP contribution in [-0.4, -0.2) is 49.1 Å². The number of hydrogen-bond acceptors (Lipinski definition) is 2. The van der Waals surface area contributed by atoms with Gasteiger partial charge in [0.1, 0.15) is 0 Å². The van der Waals surface area contributed by atoms with Gasteiger partial charge in [0.2, 0.25) is 0 Å². The molecular formula is C19H38N2. The SMILES string of the molecule is CCCN1CCC(CCCC2CCN(CCC)CC2)CC1. The average molecular weight is 295 g/mol. The van der Waals surface area contributed by atoms with E-state index in [1.165, 1.54) is 97.1 Å². The molecule has 2 aliphatic rings. The van der Waals surface area contributed by atoms with Gasteiger partial charge in [-0.2, -0.15) is 0 Å². The molecular weight excluding hydrogens is 256 g/mol. The maximum Gasteiger partial charge on any atom is -0.00161 e. The normalized spacial score (nSPS) is 23.7. The van der Waals surface area contributed by atoms with Crippen molar-refractivity contribution in [3.63, 3.8) is 0 Å². The summed E-state index contributed by atoms with van der Waals surface area (Å²) in [5, 5.41) is 0. The molecule has 21 heavy (non-hydrogen) atoms. The smallest absolute Gasteiger partial charge is 0.00161 e. The highest BCUT2D eigenvalue weighted by molar-refractivity contribution is 4.75. The zero-order valence-electron chi connectivity index (χ0n) is 14.7. The molecule has 0 aromatic heterocycles. The van der Waals surface area contributed by atoms with Gasteiger partial charge in [-0.25, -0.2) is 0 Å². The molecule has 2 fully saturated rings. The Labute approximate surface area is 133 Å². The molecule has 0 atom stereocenters. The molecule has 0 bridgehead atoms.